The van der Waals surface area contributed by atoms with Crippen LogP contribution in [0, 0.1) is 5.82 Å². The smallest absolute Gasteiger partial charge is 0.207 e. The molecule has 2 aromatic rings. The number of halogens is 3. The molecule has 2 aromatic carbocycles. The largest absolute Gasteiger partial charge is 0.264 e. The van der Waals surface area contributed by atoms with Gasteiger partial charge in [-0.05, 0) is 22.9 Å². The van der Waals surface area contributed by atoms with Gasteiger partial charge in [-0.15, -0.1) is 0 Å². The van der Waals surface area contributed by atoms with Gasteiger partial charge in [0.05, 0.1) is 0 Å². The van der Waals surface area contributed by atoms with Gasteiger partial charge in [-0.2, -0.15) is 0 Å². The van der Waals surface area contributed by atoms with Crippen LogP contribution >= 0.6 is 0 Å². The summed E-state index contributed by atoms with van der Waals surface area (Å²) in [7, 11) is 0. The maximum atomic E-state index is 12.9. The van der Waals surface area contributed by atoms with Crippen molar-refractivity contribution in [3.05, 3.63) is 47.8 Å². The van der Waals surface area contributed by atoms with Gasteiger partial charge in [0.15, 0.2) is 0 Å². The molecule has 0 spiro atoms. The lowest BCUT2D eigenvalue weighted by atomic mass is 10.0. The average molecular weight is 196 g/mol. The standard InChI is InChI=1S/C11H7F3/c12-8-5-7-3-1-2-4-9(7)10(6-8)11(13)14/h1-6,11H. The molecule has 0 nitrogen and oxygen atoms in total. The topological polar surface area (TPSA) is 0 Å². The zero-order valence-electron chi connectivity index (χ0n) is 7.18. The van der Waals surface area contributed by atoms with Crippen molar-refractivity contribution in [1.29, 1.82) is 0 Å². The summed E-state index contributed by atoms with van der Waals surface area (Å²) in [5, 5.41) is 0.909. The van der Waals surface area contributed by atoms with E-state index in [2.05, 4.69) is 0 Å². The molecule has 0 atom stereocenters. The summed E-state index contributed by atoms with van der Waals surface area (Å²) >= 11 is 0. The van der Waals surface area contributed by atoms with Crippen LogP contribution in [-0.2, 0) is 0 Å². The van der Waals surface area contributed by atoms with E-state index in [1.54, 1.807) is 24.3 Å². The molecule has 0 fully saturated rings. The molecule has 2 rings (SSSR count). The summed E-state index contributed by atoms with van der Waals surface area (Å²) < 4.78 is 37.9. The summed E-state index contributed by atoms with van der Waals surface area (Å²) in [4.78, 5) is 0. The molecule has 0 aliphatic rings. The van der Waals surface area contributed by atoms with Crippen LogP contribution in [-0.4, -0.2) is 0 Å². The molecule has 14 heavy (non-hydrogen) atoms. The number of rotatable bonds is 1. The van der Waals surface area contributed by atoms with E-state index >= 15 is 0 Å². The third-order valence-electron chi connectivity index (χ3n) is 2.09. The zero-order valence-corrected chi connectivity index (χ0v) is 7.18. The average Bonchev–Trinajstić information content (AvgIpc) is 2.16. The molecule has 0 radical (unpaired) electrons. The number of alkyl halides is 2. The van der Waals surface area contributed by atoms with Gasteiger partial charge < -0.3 is 0 Å². The summed E-state index contributed by atoms with van der Waals surface area (Å²) in [6.07, 6.45) is -2.64. The van der Waals surface area contributed by atoms with Crippen molar-refractivity contribution in [2.24, 2.45) is 0 Å². The third kappa shape index (κ3) is 1.45. The Kier molecular flexibility index (Phi) is 2.15. The molecule has 0 aliphatic carbocycles. The van der Waals surface area contributed by atoms with Gasteiger partial charge >= 0.3 is 0 Å². The second-order valence-electron chi connectivity index (χ2n) is 3.02. The fourth-order valence-corrected chi connectivity index (χ4v) is 1.48. The lowest BCUT2D eigenvalue weighted by Gasteiger charge is -2.05. The van der Waals surface area contributed by atoms with Gasteiger partial charge in [0.25, 0.3) is 6.43 Å². The Hall–Kier alpha value is -1.51. The first-order valence-corrected chi connectivity index (χ1v) is 4.15. The minimum atomic E-state index is -2.64. The van der Waals surface area contributed by atoms with E-state index < -0.39 is 12.2 Å². The van der Waals surface area contributed by atoms with Crippen LogP contribution in [0.4, 0.5) is 13.2 Å². The van der Waals surface area contributed by atoms with E-state index in [0.29, 0.717) is 10.8 Å². The molecule has 0 saturated heterocycles. The van der Waals surface area contributed by atoms with Crippen LogP contribution in [0.1, 0.15) is 12.0 Å². The lowest BCUT2D eigenvalue weighted by molar-refractivity contribution is 0.152. The molecule has 0 saturated carbocycles. The van der Waals surface area contributed by atoms with Crippen LogP contribution in [0.25, 0.3) is 10.8 Å². The highest BCUT2D eigenvalue weighted by molar-refractivity contribution is 5.85. The monoisotopic (exact) mass is 196 g/mol. The predicted octanol–water partition coefficient (Wildman–Crippen LogP) is 3.92. The summed E-state index contributed by atoms with van der Waals surface area (Å²) in [6, 6.07) is 8.66. The Bertz CT molecular complexity index is 463. The molecule has 0 N–H and O–H groups in total. The number of fused-ring (bicyclic) bond motifs is 1. The van der Waals surface area contributed by atoms with E-state index in [4.69, 9.17) is 0 Å². The highest BCUT2D eigenvalue weighted by Gasteiger charge is 2.12. The fourth-order valence-electron chi connectivity index (χ4n) is 1.48. The maximum absolute atomic E-state index is 12.9. The molecule has 0 amide bonds. The molecule has 0 heterocycles. The number of hydrogen-bond acceptors (Lipinski definition) is 0. The van der Waals surface area contributed by atoms with Gasteiger partial charge in [-0.25, -0.2) is 13.2 Å². The Morgan fingerprint density at radius 3 is 2.43 bits per heavy atom. The van der Waals surface area contributed by atoms with E-state index in [-0.39, 0.29) is 5.56 Å². The number of benzene rings is 2. The van der Waals surface area contributed by atoms with Crippen LogP contribution in [0.3, 0.4) is 0 Å². The summed E-state index contributed by atoms with van der Waals surface area (Å²) in [5.41, 5.74) is -0.249. The lowest BCUT2D eigenvalue weighted by Crippen LogP contribution is -1.88. The highest BCUT2D eigenvalue weighted by atomic mass is 19.3. The van der Waals surface area contributed by atoms with Gasteiger partial charge in [0.1, 0.15) is 5.82 Å². The second kappa shape index (κ2) is 3.33. The zero-order chi connectivity index (χ0) is 10.1. The quantitative estimate of drug-likeness (QED) is 0.648. The third-order valence-corrected chi connectivity index (χ3v) is 2.09. The molecular formula is C11H7F3. The van der Waals surface area contributed by atoms with Gasteiger partial charge in [-0.1, -0.05) is 24.3 Å². The molecule has 72 valence electrons. The number of hydrogen-bond donors (Lipinski definition) is 0. The van der Waals surface area contributed by atoms with Gasteiger partial charge in [-0.3, -0.25) is 0 Å². The molecule has 0 aromatic heterocycles. The van der Waals surface area contributed by atoms with Crippen molar-refractivity contribution in [1.82, 2.24) is 0 Å². The Labute approximate surface area is 79.0 Å². The Morgan fingerprint density at radius 2 is 1.71 bits per heavy atom. The van der Waals surface area contributed by atoms with Crippen molar-refractivity contribution in [2.45, 2.75) is 6.43 Å². The Morgan fingerprint density at radius 1 is 1.00 bits per heavy atom. The van der Waals surface area contributed by atoms with Crippen LogP contribution in [0.5, 0.6) is 0 Å². The molecule has 0 bridgehead atoms. The first-order chi connectivity index (χ1) is 6.68. The van der Waals surface area contributed by atoms with E-state index in [1.807, 2.05) is 0 Å². The van der Waals surface area contributed by atoms with E-state index in [0.717, 1.165) is 6.07 Å². The molecule has 3 heteroatoms. The van der Waals surface area contributed by atoms with Crippen LogP contribution in [0.15, 0.2) is 36.4 Å². The first kappa shape index (κ1) is 9.06. The Balaban J connectivity index is 2.80. The van der Waals surface area contributed by atoms with Crippen molar-refractivity contribution < 1.29 is 13.2 Å². The van der Waals surface area contributed by atoms with Gasteiger partial charge in [0, 0.05) is 5.56 Å². The first-order valence-electron chi connectivity index (χ1n) is 4.15. The van der Waals surface area contributed by atoms with E-state index in [9.17, 15) is 13.2 Å². The second-order valence-corrected chi connectivity index (χ2v) is 3.02. The van der Waals surface area contributed by atoms with Crippen molar-refractivity contribution in [3.63, 3.8) is 0 Å². The molecular weight excluding hydrogens is 189 g/mol. The van der Waals surface area contributed by atoms with Crippen LogP contribution in [0.2, 0.25) is 0 Å². The summed E-state index contributed by atoms with van der Waals surface area (Å²) in [5.74, 6) is -0.626. The minimum Gasteiger partial charge on any atom is -0.207 e. The predicted molar refractivity (Wildman–Crippen MR) is 48.9 cm³/mol. The normalized spacial score (nSPS) is 11.1. The molecule has 0 unspecified atom stereocenters. The SMILES string of the molecule is Fc1cc(C(F)F)c2ccccc2c1. The minimum absolute atomic E-state index is 0.249. The van der Waals surface area contributed by atoms with Crippen molar-refractivity contribution in [3.8, 4) is 0 Å². The van der Waals surface area contributed by atoms with Crippen molar-refractivity contribution >= 4 is 10.8 Å². The maximum Gasteiger partial charge on any atom is 0.264 e. The highest BCUT2D eigenvalue weighted by Crippen LogP contribution is 2.28. The fraction of sp³-hybridized carbons (Fsp3) is 0.0909. The summed E-state index contributed by atoms with van der Waals surface area (Å²) in [6.45, 7) is 0. The molecule has 0 aliphatic heterocycles. The van der Waals surface area contributed by atoms with Crippen molar-refractivity contribution in [2.75, 3.05) is 0 Å². The van der Waals surface area contributed by atoms with Crippen LogP contribution < -0.4 is 0 Å². The van der Waals surface area contributed by atoms with E-state index in [1.165, 1.54) is 6.07 Å². The van der Waals surface area contributed by atoms with Gasteiger partial charge in [0.2, 0.25) is 0 Å².